The Kier molecular flexibility index (Phi) is 4.67. The molecular formula is C15H16ClN3O2. The second-order valence-corrected chi connectivity index (χ2v) is 4.61. The lowest BCUT2D eigenvalue weighted by molar-refractivity contribution is 0.291. The molecule has 0 spiro atoms. The minimum atomic E-state index is -0.224. The van der Waals surface area contributed by atoms with Crippen molar-refractivity contribution in [2.75, 3.05) is 6.61 Å². The van der Waals surface area contributed by atoms with Crippen LogP contribution in [0.2, 0.25) is 0 Å². The maximum Gasteiger partial charge on any atom is 0.323 e. The van der Waals surface area contributed by atoms with Gasteiger partial charge in [0.1, 0.15) is 12.4 Å². The van der Waals surface area contributed by atoms with Gasteiger partial charge in [0.05, 0.1) is 17.1 Å². The van der Waals surface area contributed by atoms with Crippen LogP contribution >= 0.6 is 12.4 Å². The second-order valence-electron chi connectivity index (χ2n) is 4.61. The number of halogens is 1. The van der Waals surface area contributed by atoms with E-state index in [-0.39, 0.29) is 24.1 Å². The molecule has 0 saturated carbocycles. The molecule has 0 aliphatic heterocycles. The minimum Gasteiger partial charge on any atom is -0.492 e. The molecule has 0 aliphatic carbocycles. The van der Waals surface area contributed by atoms with E-state index in [1.807, 2.05) is 36.4 Å². The molecule has 1 aromatic heterocycles. The Bertz CT molecular complexity index is 767. The van der Waals surface area contributed by atoms with Gasteiger partial charge >= 0.3 is 5.69 Å². The first-order valence-electron chi connectivity index (χ1n) is 6.38. The highest BCUT2D eigenvalue weighted by atomic mass is 35.5. The van der Waals surface area contributed by atoms with E-state index in [9.17, 15) is 4.79 Å². The molecule has 0 fully saturated rings. The van der Waals surface area contributed by atoms with E-state index in [4.69, 9.17) is 10.5 Å². The lowest BCUT2D eigenvalue weighted by Gasteiger charge is -2.13. The summed E-state index contributed by atoms with van der Waals surface area (Å²) in [6.07, 6.45) is 0. The third-order valence-corrected chi connectivity index (χ3v) is 3.14. The standard InChI is InChI=1S/C15H15N3O2.ClH/c16-12(10-4-2-1-3-5-10)9-20-11-6-7-13-14(8-11)18-15(19)17-13;/h1-8,12H,9,16H2,(H2,17,18,19);1H/t12-;/m1./s1. The van der Waals surface area contributed by atoms with E-state index >= 15 is 0 Å². The Labute approximate surface area is 127 Å². The molecule has 1 heterocycles. The molecule has 0 saturated heterocycles. The molecule has 4 N–H and O–H groups in total. The number of benzene rings is 2. The molecule has 0 radical (unpaired) electrons. The van der Waals surface area contributed by atoms with Crippen LogP contribution in [0.3, 0.4) is 0 Å². The third kappa shape index (κ3) is 3.45. The summed E-state index contributed by atoms with van der Waals surface area (Å²) in [6, 6.07) is 15.0. The number of H-pyrrole nitrogens is 2. The molecule has 2 aromatic carbocycles. The first-order chi connectivity index (χ1) is 9.72. The van der Waals surface area contributed by atoms with Crippen molar-refractivity contribution in [3.05, 3.63) is 64.6 Å². The highest BCUT2D eigenvalue weighted by Crippen LogP contribution is 2.18. The molecule has 5 nitrogen and oxygen atoms in total. The third-order valence-electron chi connectivity index (χ3n) is 3.14. The van der Waals surface area contributed by atoms with Crippen LogP contribution in [0.15, 0.2) is 53.3 Å². The summed E-state index contributed by atoms with van der Waals surface area (Å²) >= 11 is 0. The summed E-state index contributed by atoms with van der Waals surface area (Å²) in [6.45, 7) is 0.379. The van der Waals surface area contributed by atoms with Crippen molar-refractivity contribution in [3.8, 4) is 5.75 Å². The first kappa shape index (κ1) is 15.2. The Morgan fingerprint density at radius 2 is 1.76 bits per heavy atom. The van der Waals surface area contributed by atoms with Crippen LogP contribution in [0.4, 0.5) is 0 Å². The van der Waals surface area contributed by atoms with Gasteiger partial charge in [0.25, 0.3) is 0 Å². The summed E-state index contributed by atoms with van der Waals surface area (Å²) < 4.78 is 5.68. The lowest BCUT2D eigenvalue weighted by atomic mass is 10.1. The molecule has 3 rings (SSSR count). The SMILES string of the molecule is Cl.N[C@H](COc1ccc2[nH]c(=O)[nH]c2c1)c1ccccc1. The summed E-state index contributed by atoms with van der Waals surface area (Å²) in [5, 5.41) is 0. The van der Waals surface area contributed by atoms with Crippen molar-refractivity contribution in [2.24, 2.45) is 5.73 Å². The Morgan fingerprint density at radius 3 is 2.52 bits per heavy atom. The van der Waals surface area contributed by atoms with E-state index in [0.717, 1.165) is 16.6 Å². The number of imidazole rings is 1. The predicted molar refractivity (Wildman–Crippen MR) is 85.0 cm³/mol. The summed E-state index contributed by atoms with van der Waals surface area (Å²) in [5.74, 6) is 0.680. The van der Waals surface area contributed by atoms with E-state index in [1.54, 1.807) is 12.1 Å². The van der Waals surface area contributed by atoms with Crippen molar-refractivity contribution < 1.29 is 4.74 Å². The second kappa shape index (κ2) is 6.47. The molecule has 6 heteroatoms. The summed E-state index contributed by atoms with van der Waals surface area (Å²) in [4.78, 5) is 16.6. The first-order valence-corrected chi connectivity index (χ1v) is 6.38. The lowest BCUT2D eigenvalue weighted by Crippen LogP contribution is -2.18. The molecule has 110 valence electrons. The van der Waals surface area contributed by atoms with E-state index in [0.29, 0.717) is 12.4 Å². The van der Waals surface area contributed by atoms with Crippen LogP contribution in [-0.2, 0) is 0 Å². The maximum absolute atomic E-state index is 11.2. The van der Waals surface area contributed by atoms with Gasteiger partial charge in [-0.05, 0) is 17.7 Å². The number of nitrogens with one attached hydrogen (secondary N) is 2. The highest BCUT2D eigenvalue weighted by molar-refractivity contribution is 5.85. The van der Waals surface area contributed by atoms with Crippen LogP contribution in [0.1, 0.15) is 11.6 Å². The number of ether oxygens (including phenoxy) is 1. The summed E-state index contributed by atoms with van der Waals surface area (Å²) in [7, 11) is 0. The molecule has 21 heavy (non-hydrogen) atoms. The zero-order valence-corrected chi connectivity index (χ0v) is 12.0. The van der Waals surface area contributed by atoms with Crippen LogP contribution in [0.5, 0.6) is 5.75 Å². The van der Waals surface area contributed by atoms with Crippen LogP contribution in [-0.4, -0.2) is 16.6 Å². The highest BCUT2D eigenvalue weighted by Gasteiger charge is 2.07. The molecule has 0 aliphatic rings. The minimum absolute atomic E-state index is 0. The number of aromatic nitrogens is 2. The molecule has 0 bridgehead atoms. The number of aromatic amines is 2. The van der Waals surface area contributed by atoms with Gasteiger partial charge in [0.15, 0.2) is 0 Å². The van der Waals surface area contributed by atoms with Crippen molar-refractivity contribution in [3.63, 3.8) is 0 Å². The van der Waals surface area contributed by atoms with Crippen molar-refractivity contribution in [1.82, 2.24) is 9.97 Å². The maximum atomic E-state index is 11.2. The van der Waals surface area contributed by atoms with Gasteiger partial charge in [-0.25, -0.2) is 4.79 Å². The molecule has 3 aromatic rings. The molecule has 0 amide bonds. The quantitative estimate of drug-likeness (QED) is 0.692. The van der Waals surface area contributed by atoms with Crippen LogP contribution < -0.4 is 16.2 Å². The van der Waals surface area contributed by atoms with E-state index in [2.05, 4.69) is 9.97 Å². The fourth-order valence-electron chi connectivity index (χ4n) is 2.08. The van der Waals surface area contributed by atoms with Gasteiger partial charge in [0, 0.05) is 6.07 Å². The van der Waals surface area contributed by atoms with Crippen LogP contribution in [0, 0.1) is 0 Å². The topological polar surface area (TPSA) is 83.9 Å². The average molecular weight is 306 g/mol. The van der Waals surface area contributed by atoms with Crippen molar-refractivity contribution >= 4 is 23.4 Å². The zero-order chi connectivity index (χ0) is 13.9. The monoisotopic (exact) mass is 305 g/mol. The number of fused-ring (bicyclic) bond motifs is 1. The number of hydrogen-bond donors (Lipinski definition) is 3. The van der Waals surface area contributed by atoms with Gasteiger partial charge in [-0.2, -0.15) is 0 Å². The number of hydrogen-bond acceptors (Lipinski definition) is 3. The van der Waals surface area contributed by atoms with E-state index < -0.39 is 0 Å². The van der Waals surface area contributed by atoms with Gasteiger partial charge < -0.3 is 20.4 Å². The Morgan fingerprint density at radius 1 is 1.05 bits per heavy atom. The average Bonchev–Trinajstić information content (AvgIpc) is 2.85. The van der Waals surface area contributed by atoms with Crippen molar-refractivity contribution in [2.45, 2.75) is 6.04 Å². The van der Waals surface area contributed by atoms with Gasteiger partial charge in [-0.1, -0.05) is 30.3 Å². The fourth-order valence-corrected chi connectivity index (χ4v) is 2.08. The Hall–Kier alpha value is -2.24. The fraction of sp³-hybridized carbons (Fsp3) is 0.133. The largest absolute Gasteiger partial charge is 0.492 e. The molecule has 0 unspecified atom stereocenters. The van der Waals surface area contributed by atoms with Gasteiger partial charge in [0.2, 0.25) is 0 Å². The van der Waals surface area contributed by atoms with Crippen LogP contribution in [0.25, 0.3) is 11.0 Å². The van der Waals surface area contributed by atoms with Crippen molar-refractivity contribution in [1.29, 1.82) is 0 Å². The predicted octanol–water partition coefficient (Wildman–Crippen LogP) is 2.36. The number of rotatable bonds is 4. The van der Waals surface area contributed by atoms with E-state index in [1.165, 1.54) is 0 Å². The normalized spacial score (nSPS) is 11.9. The Balaban J connectivity index is 0.00000161. The van der Waals surface area contributed by atoms with Gasteiger partial charge in [-0.3, -0.25) is 0 Å². The zero-order valence-electron chi connectivity index (χ0n) is 11.2. The molecule has 1 atom stereocenters. The smallest absolute Gasteiger partial charge is 0.323 e. The van der Waals surface area contributed by atoms with Gasteiger partial charge in [-0.15, -0.1) is 12.4 Å². The summed E-state index contributed by atoms with van der Waals surface area (Å²) in [5.41, 5.74) is 8.36. The molecular weight excluding hydrogens is 290 g/mol. The number of nitrogens with two attached hydrogens (primary N) is 1.